The van der Waals surface area contributed by atoms with E-state index in [9.17, 15) is 4.79 Å². The molecule has 0 N–H and O–H groups in total. The molecule has 0 aliphatic heterocycles. The first kappa shape index (κ1) is 18.3. The summed E-state index contributed by atoms with van der Waals surface area (Å²) >= 11 is 19.8. The van der Waals surface area contributed by atoms with Gasteiger partial charge in [-0.25, -0.2) is 4.79 Å². The van der Waals surface area contributed by atoms with Gasteiger partial charge in [-0.1, -0.05) is 53.0 Å². The Morgan fingerprint density at radius 1 is 1.00 bits per heavy atom. The standard InChI is InChI=1S/C19H13Cl3O2S/c1-10-16(11-3-5-12(20)6-4-11)18(25-17(10)19(23)24-2)14-8-7-13(21)9-15(14)22/h3-9H,1-2H3. The zero-order chi connectivity index (χ0) is 18.1. The molecule has 0 fully saturated rings. The Kier molecular flexibility index (Phi) is 5.40. The van der Waals surface area contributed by atoms with Crippen LogP contribution in [0.4, 0.5) is 0 Å². The number of hydrogen-bond acceptors (Lipinski definition) is 3. The van der Waals surface area contributed by atoms with Crippen molar-refractivity contribution in [3.05, 3.63) is 68.0 Å². The first-order valence-electron chi connectivity index (χ1n) is 7.35. The van der Waals surface area contributed by atoms with E-state index < -0.39 is 0 Å². The largest absolute Gasteiger partial charge is 0.465 e. The Morgan fingerprint density at radius 2 is 1.64 bits per heavy atom. The summed E-state index contributed by atoms with van der Waals surface area (Å²) in [5.41, 5.74) is 3.56. The fraction of sp³-hybridized carbons (Fsp3) is 0.105. The molecule has 3 aromatic rings. The molecule has 2 nitrogen and oxygen atoms in total. The van der Waals surface area contributed by atoms with E-state index in [0.29, 0.717) is 19.9 Å². The Balaban J connectivity index is 2.29. The average molecular weight is 412 g/mol. The molecule has 25 heavy (non-hydrogen) atoms. The third-order valence-electron chi connectivity index (χ3n) is 3.83. The van der Waals surface area contributed by atoms with E-state index >= 15 is 0 Å². The summed E-state index contributed by atoms with van der Waals surface area (Å²) in [6.07, 6.45) is 0. The van der Waals surface area contributed by atoms with Crippen LogP contribution in [-0.2, 0) is 4.74 Å². The Labute approximate surface area is 164 Å². The van der Waals surface area contributed by atoms with Crippen molar-refractivity contribution >= 4 is 52.1 Å². The van der Waals surface area contributed by atoms with Gasteiger partial charge in [-0.05, 0) is 42.3 Å². The summed E-state index contributed by atoms with van der Waals surface area (Å²) in [4.78, 5) is 13.6. The summed E-state index contributed by atoms with van der Waals surface area (Å²) in [5, 5.41) is 1.74. The lowest BCUT2D eigenvalue weighted by Crippen LogP contribution is -1.99. The van der Waals surface area contributed by atoms with Crippen molar-refractivity contribution in [3.63, 3.8) is 0 Å². The highest BCUT2D eigenvalue weighted by Crippen LogP contribution is 2.45. The van der Waals surface area contributed by atoms with Gasteiger partial charge in [0, 0.05) is 26.0 Å². The number of hydrogen-bond donors (Lipinski definition) is 0. The van der Waals surface area contributed by atoms with Gasteiger partial charge in [-0.2, -0.15) is 0 Å². The molecule has 0 spiro atoms. The maximum Gasteiger partial charge on any atom is 0.348 e. The van der Waals surface area contributed by atoms with Gasteiger partial charge < -0.3 is 4.74 Å². The number of esters is 1. The zero-order valence-corrected chi connectivity index (χ0v) is 16.5. The molecule has 0 bridgehead atoms. The maximum absolute atomic E-state index is 12.2. The summed E-state index contributed by atoms with van der Waals surface area (Å²) in [6, 6.07) is 12.8. The molecule has 0 atom stereocenters. The van der Waals surface area contributed by atoms with Crippen LogP contribution in [0.15, 0.2) is 42.5 Å². The van der Waals surface area contributed by atoms with Crippen LogP contribution >= 0.6 is 46.1 Å². The SMILES string of the molecule is COC(=O)c1sc(-c2ccc(Cl)cc2Cl)c(-c2ccc(Cl)cc2)c1C. The van der Waals surface area contributed by atoms with Gasteiger partial charge in [-0.15, -0.1) is 11.3 Å². The summed E-state index contributed by atoms with van der Waals surface area (Å²) < 4.78 is 4.92. The first-order chi connectivity index (χ1) is 11.9. The van der Waals surface area contributed by atoms with Crippen LogP contribution in [0.25, 0.3) is 21.6 Å². The number of rotatable bonds is 3. The number of carbonyl (C=O) groups is 1. The van der Waals surface area contributed by atoms with Crippen LogP contribution < -0.4 is 0 Å². The van der Waals surface area contributed by atoms with E-state index in [1.54, 1.807) is 12.1 Å². The molecule has 6 heteroatoms. The molecule has 0 saturated carbocycles. The number of halogens is 3. The molecular formula is C19H13Cl3O2S. The molecule has 1 heterocycles. The van der Waals surface area contributed by atoms with Crippen LogP contribution in [0.5, 0.6) is 0 Å². The normalized spacial score (nSPS) is 10.8. The lowest BCUT2D eigenvalue weighted by Gasteiger charge is -2.08. The lowest BCUT2D eigenvalue weighted by atomic mass is 9.98. The van der Waals surface area contributed by atoms with E-state index in [2.05, 4.69) is 0 Å². The van der Waals surface area contributed by atoms with Crippen molar-refractivity contribution in [2.24, 2.45) is 0 Å². The van der Waals surface area contributed by atoms with E-state index in [1.165, 1.54) is 18.4 Å². The Morgan fingerprint density at radius 3 is 2.24 bits per heavy atom. The fourth-order valence-corrected chi connectivity index (χ4v) is 4.60. The predicted molar refractivity (Wildman–Crippen MR) is 106 cm³/mol. The van der Waals surface area contributed by atoms with Crippen LogP contribution in [0.1, 0.15) is 15.2 Å². The molecular weight excluding hydrogens is 399 g/mol. The second kappa shape index (κ2) is 7.38. The lowest BCUT2D eigenvalue weighted by molar-refractivity contribution is 0.0605. The molecule has 0 saturated heterocycles. The minimum absolute atomic E-state index is 0.367. The van der Waals surface area contributed by atoms with Gasteiger partial charge in [0.05, 0.1) is 12.1 Å². The van der Waals surface area contributed by atoms with Crippen molar-refractivity contribution in [1.29, 1.82) is 0 Å². The first-order valence-corrected chi connectivity index (χ1v) is 9.30. The third-order valence-corrected chi connectivity index (χ3v) is 5.93. The molecule has 2 aromatic carbocycles. The molecule has 0 aliphatic carbocycles. The number of benzene rings is 2. The highest BCUT2D eigenvalue weighted by Gasteiger charge is 2.23. The van der Waals surface area contributed by atoms with Crippen LogP contribution in [0.3, 0.4) is 0 Å². The van der Waals surface area contributed by atoms with Crippen molar-refractivity contribution in [2.75, 3.05) is 7.11 Å². The second-order valence-corrected chi connectivity index (χ2v) is 7.68. The van der Waals surface area contributed by atoms with E-state index in [1.807, 2.05) is 37.3 Å². The van der Waals surface area contributed by atoms with E-state index in [0.717, 1.165) is 27.1 Å². The zero-order valence-electron chi connectivity index (χ0n) is 13.4. The fourth-order valence-electron chi connectivity index (χ4n) is 2.63. The van der Waals surface area contributed by atoms with Crippen molar-refractivity contribution in [1.82, 2.24) is 0 Å². The second-order valence-electron chi connectivity index (χ2n) is 5.38. The monoisotopic (exact) mass is 410 g/mol. The highest BCUT2D eigenvalue weighted by atomic mass is 35.5. The number of thiophene rings is 1. The number of carbonyl (C=O) groups excluding carboxylic acids is 1. The van der Waals surface area contributed by atoms with Crippen molar-refractivity contribution < 1.29 is 9.53 Å². The van der Waals surface area contributed by atoms with E-state index in [4.69, 9.17) is 39.5 Å². The Bertz CT molecular complexity index is 946. The molecule has 0 unspecified atom stereocenters. The molecule has 0 amide bonds. The van der Waals surface area contributed by atoms with Gasteiger partial charge in [0.1, 0.15) is 4.88 Å². The van der Waals surface area contributed by atoms with Crippen LogP contribution in [0.2, 0.25) is 15.1 Å². The van der Waals surface area contributed by atoms with Gasteiger partial charge in [0.25, 0.3) is 0 Å². The topological polar surface area (TPSA) is 26.3 Å². The molecule has 128 valence electrons. The summed E-state index contributed by atoms with van der Waals surface area (Å²) in [7, 11) is 1.37. The highest BCUT2D eigenvalue weighted by molar-refractivity contribution is 7.18. The number of ether oxygens (including phenoxy) is 1. The van der Waals surface area contributed by atoms with Crippen LogP contribution in [-0.4, -0.2) is 13.1 Å². The Hall–Kier alpha value is -1.52. The quantitative estimate of drug-likeness (QED) is 0.428. The third kappa shape index (κ3) is 3.56. The summed E-state index contributed by atoms with van der Waals surface area (Å²) in [5.74, 6) is -0.367. The summed E-state index contributed by atoms with van der Waals surface area (Å²) in [6.45, 7) is 1.90. The molecule has 1 aromatic heterocycles. The van der Waals surface area contributed by atoms with E-state index in [-0.39, 0.29) is 5.97 Å². The molecule has 3 rings (SSSR count). The minimum Gasteiger partial charge on any atom is -0.465 e. The maximum atomic E-state index is 12.2. The molecule has 0 radical (unpaired) electrons. The predicted octanol–water partition coefficient (Wildman–Crippen LogP) is 7.14. The number of methoxy groups -OCH3 is 1. The average Bonchev–Trinajstić information content (AvgIpc) is 2.92. The van der Waals surface area contributed by atoms with Gasteiger partial charge in [0.2, 0.25) is 0 Å². The van der Waals surface area contributed by atoms with Crippen molar-refractivity contribution in [2.45, 2.75) is 6.92 Å². The smallest absolute Gasteiger partial charge is 0.348 e. The van der Waals surface area contributed by atoms with Crippen LogP contribution in [0, 0.1) is 6.92 Å². The molecule has 0 aliphatic rings. The van der Waals surface area contributed by atoms with Crippen molar-refractivity contribution in [3.8, 4) is 21.6 Å². The van der Waals surface area contributed by atoms with Gasteiger partial charge >= 0.3 is 5.97 Å². The van der Waals surface area contributed by atoms with Gasteiger partial charge in [-0.3, -0.25) is 0 Å². The van der Waals surface area contributed by atoms with Gasteiger partial charge in [0.15, 0.2) is 0 Å². The minimum atomic E-state index is -0.367.